The van der Waals surface area contributed by atoms with Crippen LogP contribution in [0.15, 0.2) is 35.3 Å². The zero-order valence-corrected chi connectivity index (χ0v) is 18.4. The normalized spacial score (nSPS) is 18.1. The highest BCUT2D eigenvalue weighted by Crippen LogP contribution is 2.20. The molecule has 7 nitrogen and oxygen atoms in total. The summed E-state index contributed by atoms with van der Waals surface area (Å²) in [5, 5.41) is 8.11. The predicted molar refractivity (Wildman–Crippen MR) is 121 cm³/mol. The lowest BCUT2D eigenvalue weighted by molar-refractivity contribution is 0.152. The Kier molecular flexibility index (Phi) is 5.64. The van der Waals surface area contributed by atoms with Crippen LogP contribution in [0, 0.1) is 0 Å². The predicted octanol–water partition coefficient (Wildman–Crippen LogP) is 3.86. The minimum atomic E-state index is -0.249. The van der Waals surface area contributed by atoms with Gasteiger partial charge in [-0.05, 0) is 58.2 Å². The average molecular weight is 409 g/mol. The van der Waals surface area contributed by atoms with Crippen LogP contribution in [-0.2, 0) is 18.6 Å². The number of rotatable bonds is 5. The summed E-state index contributed by atoms with van der Waals surface area (Å²) < 4.78 is 1.79. The molecule has 1 atom stereocenters. The SMILES string of the molecule is CC1CCCCN1Cc1ccc(CNc2nc3c(cnn3C(C)(C)C)c(=O)[nH]2)cc1. The molecule has 3 aromatic rings. The Balaban J connectivity index is 1.44. The molecule has 160 valence electrons. The monoisotopic (exact) mass is 408 g/mol. The van der Waals surface area contributed by atoms with Crippen LogP contribution in [0.1, 0.15) is 58.1 Å². The van der Waals surface area contributed by atoms with Crippen molar-refractivity contribution in [2.24, 2.45) is 0 Å². The summed E-state index contributed by atoms with van der Waals surface area (Å²) in [7, 11) is 0. The Morgan fingerprint density at radius 1 is 1.17 bits per heavy atom. The Labute approximate surface area is 177 Å². The number of fused-ring (bicyclic) bond motifs is 1. The molecular weight excluding hydrogens is 376 g/mol. The maximum atomic E-state index is 12.4. The molecule has 1 aromatic carbocycles. The second-order valence-corrected chi connectivity index (χ2v) is 9.36. The lowest BCUT2D eigenvalue weighted by Gasteiger charge is -2.33. The van der Waals surface area contributed by atoms with Gasteiger partial charge in [0.1, 0.15) is 5.39 Å². The molecule has 1 aliphatic rings. The molecule has 0 amide bonds. The van der Waals surface area contributed by atoms with Crippen LogP contribution in [0.4, 0.5) is 5.95 Å². The molecule has 0 aliphatic carbocycles. The van der Waals surface area contributed by atoms with E-state index in [0.29, 0.717) is 29.6 Å². The third-order valence-corrected chi connectivity index (χ3v) is 5.88. The topological polar surface area (TPSA) is 78.8 Å². The first kappa shape index (κ1) is 20.6. The molecule has 30 heavy (non-hydrogen) atoms. The molecular formula is C23H32N6O. The van der Waals surface area contributed by atoms with Crippen LogP contribution < -0.4 is 10.9 Å². The number of hydrogen-bond acceptors (Lipinski definition) is 5. The van der Waals surface area contributed by atoms with E-state index >= 15 is 0 Å². The second kappa shape index (κ2) is 8.22. The van der Waals surface area contributed by atoms with Crippen LogP contribution >= 0.6 is 0 Å². The number of aromatic nitrogens is 4. The van der Waals surface area contributed by atoms with Crippen molar-refractivity contribution in [3.05, 3.63) is 51.9 Å². The largest absolute Gasteiger partial charge is 0.352 e. The number of H-pyrrole nitrogens is 1. The van der Waals surface area contributed by atoms with E-state index in [0.717, 1.165) is 12.1 Å². The van der Waals surface area contributed by atoms with Crippen molar-refractivity contribution in [2.75, 3.05) is 11.9 Å². The molecule has 0 saturated carbocycles. The summed E-state index contributed by atoms with van der Waals surface area (Å²) in [4.78, 5) is 22.4. The Morgan fingerprint density at radius 3 is 2.60 bits per heavy atom. The molecule has 1 fully saturated rings. The summed E-state index contributed by atoms with van der Waals surface area (Å²) in [6, 6.07) is 9.36. The van der Waals surface area contributed by atoms with Gasteiger partial charge in [-0.2, -0.15) is 10.1 Å². The van der Waals surface area contributed by atoms with Crippen molar-refractivity contribution >= 4 is 17.0 Å². The fourth-order valence-corrected chi connectivity index (χ4v) is 4.07. The standard InChI is InChI=1S/C23H32N6O/c1-16-7-5-6-12-28(16)15-18-10-8-17(9-11-18)13-24-22-26-20-19(21(30)27-22)14-25-29(20)23(2,3)4/h8-11,14,16H,5-7,12-13,15H2,1-4H3,(H2,24,26,27,30). The summed E-state index contributed by atoms with van der Waals surface area (Å²) in [6.07, 6.45) is 5.53. The van der Waals surface area contributed by atoms with Crippen LogP contribution in [0.25, 0.3) is 11.0 Å². The summed E-state index contributed by atoms with van der Waals surface area (Å²) in [5.74, 6) is 0.463. The molecule has 2 aromatic heterocycles. The van der Waals surface area contributed by atoms with E-state index in [1.807, 2.05) is 20.8 Å². The van der Waals surface area contributed by atoms with Crippen molar-refractivity contribution in [3.63, 3.8) is 0 Å². The second-order valence-electron chi connectivity index (χ2n) is 9.36. The fraction of sp³-hybridized carbons (Fsp3) is 0.522. The molecule has 1 saturated heterocycles. The first-order valence-electron chi connectivity index (χ1n) is 10.9. The van der Waals surface area contributed by atoms with Crippen LogP contribution in [-0.4, -0.2) is 37.2 Å². The molecule has 1 unspecified atom stereocenters. The molecule has 7 heteroatoms. The molecule has 0 bridgehead atoms. The highest BCUT2D eigenvalue weighted by molar-refractivity contribution is 5.74. The van der Waals surface area contributed by atoms with E-state index in [4.69, 9.17) is 0 Å². The van der Waals surface area contributed by atoms with Gasteiger partial charge in [0.25, 0.3) is 5.56 Å². The van der Waals surface area contributed by atoms with Gasteiger partial charge in [-0.1, -0.05) is 30.7 Å². The van der Waals surface area contributed by atoms with E-state index in [1.54, 1.807) is 10.9 Å². The van der Waals surface area contributed by atoms with Gasteiger partial charge >= 0.3 is 0 Å². The van der Waals surface area contributed by atoms with E-state index in [9.17, 15) is 4.79 Å². The number of nitrogens with one attached hydrogen (secondary N) is 2. The molecule has 1 aliphatic heterocycles. The first-order chi connectivity index (χ1) is 14.3. The van der Waals surface area contributed by atoms with Crippen molar-refractivity contribution in [2.45, 2.75) is 71.6 Å². The van der Waals surface area contributed by atoms with Gasteiger partial charge in [-0.25, -0.2) is 4.68 Å². The van der Waals surface area contributed by atoms with Gasteiger partial charge in [0.15, 0.2) is 5.65 Å². The number of piperidine rings is 1. The molecule has 2 N–H and O–H groups in total. The number of nitrogens with zero attached hydrogens (tertiary/aromatic N) is 4. The van der Waals surface area contributed by atoms with Crippen molar-refractivity contribution in [1.82, 2.24) is 24.6 Å². The van der Waals surface area contributed by atoms with Crippen molar-refractivity contribution < 1.29 is 0 Å². The van der Waals surface area contributed by atoms with Crippen LogP contribution in [0.3, 0.4) is 0 Å². The van der Waals surface area contributed by atoms with Gasteiger partial charge in [0.05, 0.1) is 11.7 Å². The van der Waals surface area contributed by atoms with E-state index in [2.05, 4.69) is 56.5 Å². The highest BCUT2D eigenvalue weighted by Gasteiger charge is 2.20. The maximum Gasteiger partial charge on any atom is 0.263 e. The van der Waals surface area contributed by atoms with E-state index < -0.39 is 0 Å². The number of hydrogen-bond donors (Lipinski definition) is 2. The minimum absolute atomic E-state index is 0.177. The zero-order chi connectivity index (χ0) is 21.3. The summed E-state index contributed by atoms with van der Waals surface area (Å²) in [6.45, 7) is 11.3. The number of anilines is 1. The Bertz CT molecular complexity index is 1060. The Morgan fingerprint density at radius 2 is 1.90 bits per heavy atom. The fourth-order valence-electron chi connectivity index (χ4n) is 4.07. The van der Waals surface area contributed by atoms with Gasteiger partial charge in [0.2, 0.25) is 5.95 Å². The van der Waals surface area contributed by atoms with Gasteiger partial charge in [0, 0.05) is 19.1 Å². The van der Waals surface area contributed by atoms with E-state index in [-0.39, 0.29) is 11.1 Å². The molecule has 0 spiro atoms. The van der Waals surface area contributed by atoms with Gasteiger partial charge in [-0.15, -0.1) is 0 Å². The molecule has 3 heterocycles. The quantitative estimate of drug-likeness (QED) is 0.670. The zero-order valence-electron chi connectivity index (χ0n) is 18.4. The van der Waals surface area contributed by atoms with Gasteiger partial charge in [-0.3, -0.25) is 14.7 Å². The number of aromatic amines is 1. The lowest BCUT2D eigenvalue weighted by atomic mass is 10.0. The lowest BCUT2D eigenvalue weighted by Crippen LogP contribution is -2.36. The molecule has 4 rings (SSSR count). The van der Waals surface area contributed by atoms with Gasteiger partial charge < -0.3 is 5.32 Å². The minimum Gasteiger partial charge on any atom is -0.352 e. The van der Waals surface area contributed by atoms with Crippen LogP contribution in [0.2, 0.25) is 0 Å². The Hall–Kier alpha value is -2.67. The smallest absolute Gasteiger partial charge is 0.263 e. The van der Waals surface area contributed by atoms with Crippen molar-refractivity contribution in [3.8, 4) is 0 Å². The highest BCUT2D eigenvalue weighted by atomic mass is 16.1. The van der Waals surface area contributed by atoms with E-state index in [1.165, 1.54) is 31.4 Å². The van der Waals surface area contributed by atoms with Crippen molar-refractivity contribution in [1.29, 1.82) is 0 Å². The number of benzene rings is 1. The molecule has 0 radical (unpaired) electrons. The maximum absolute atomic E-state index is 12.4. The number of likely N-dealkylation sites (tertiary alicyclic amines) is 1. The summed E-state index contributed by atoms with van der Waals surface area (Å²) >= 11 is 0. The first-order valence-corrected chi connectivity index (χ1v) is 10.9. The third-order valence-electron chi connectivity index (χ3n) is 5.88. The third kappa shape index (κ3) is 4.41. The average Bonchev–Trinajstić information content (AvgIpc) is 3.14. The van der Waals surface area contributed by atoms with Crippen LogP contribution in [0.5, 0.6) is 0 Å². The summed E-state index contributed by atoms with van der Waals surface area (Å²) in [5.41, 5.74) is 2.66.